The monoisotopic (exact) mass is 381 g/mol. The number of anilines is 2. The van der Waals surface area contributed by atoms with E-state index >= 15 is 0 Å². The first-order valence-corrected chi connectivity index (χ1v) is 8.24. The summed E-state index contributed by atoms with van der Waals surface area (Å²) in [5.41, 5.74) is 0.778. The van der Waals surface area contributed by atoms with Crippen LogP contribution in [0.5, 0.6) is 0 Å². The molecule has 0 saturated heterocycles. The summed E-state index contributed by atoms with van der Waals surface area (Å²) < 4.78 is 27.3. The number of hydrogen-bond donors (Lipinski definition) is 3. The van der Waals surface area contributed by atoms with Crippen LogP contribution in [0.4, 0.5) is 20.2 Å². The maximum atomic E-state index is 13.8. The molecule has 0 spiro atoms. The molecule has 2 aromatic carbocycles. The standard InChI is InChI=1S/C18H18ClF2N3O2/c1-11(25)24-17-9-16(14(20)8-15(17)21)23-10-18(26)22-7-6-12-2-4-13(19)5-3-12/h2-5,8-9,23H,6-7,10H2,1H3,(H,22,26)(H,24,25). The molecule has 8 heteroatoms. The van der Waals surface area contributed by atoms with Gasteiger partial charge in [-0.05, 0) is 30.2 Å². The molecule has 0 aromatic heterocycles. The molecule has 138 valence electrons. The van der Waals surface area contributed by atoms with E-state index in [1.54, 1.807) is 12.1 Å². The van der Waals surface area contributed by atoms with E-state index in [2.05, 4.69) is 16.0 Å². The van der Waals surface area contributed by atoms with E-state index in [9.17, 15) is 18.4 Å². The Labute approximate surface area is 154 Å². The van der Waals surface area contributed by atoms with E-state index in [-0.39, 0.29) is 23.8 Å². The van der Waals surface area contributed by atoms with Crippen molar-refractivity contribution >= 4 is 34.8 Å². The number of carbonyl (C=O) groups excluding carboxylic acids is 2. The Morgan fingerprint density at radius 3 is 2.35 bits per heavy atom. The lowest BCUT2D eigenvalue weighted by Gasteiger charge is -2.11. The van der Waals surface area contributed by atoms with E-state index in [0.717, 1.165) is 11.6 Å². The molecule has 0 atom stereocenters. The Bertz CT molecular complexity index is 798. The highest BCUT2D eigenvalue weighted by Crippen LogP contribution is 2.23. The normalized spacial score (nSPS) is 10.3. The van der Waals surface area contributed by atoms with Gasteiger partial charge in [-0.3, -0.25) is 9.59 Å². The zero-order valence-electron chi connectivity index (χ0n) is 14.0. The van der Waals surface area contributed by atoms with Crippen molar-refractivity contribution in [2.75, 3.05) is 23.7 Å². The predicted octanol–water partition coefficient (Wildman–Crippen LogP) is 3.35. The average molecular weight is 382 g/mol. The number of halogens is 3. The Hall–Kier alpha value is -2.67. The van der Waals surface area contributed by atoms with Gasteiger partial charge < -0.3 is 16.0 Å². The highest BCUT2D eigenvalue weighted by Gasteiger charge is 2.12. The van der Waals surface area contributed by atoms with Crippen LogP contribution in [-0.2, 0) is 16.0 Å². The van der Waals surface area contributed by atoms with Crippen LogP contribution in [0.1, 0.15) is 12.5 Å². The summed E-state index contributed by atoms with van der Waals surface area (Å²) in [6, 6.07) is 9.02. The zero-order valence-corrected chi connectivity index (χ0v) is 14.8. The third kappa shape index (κ3) is 6.00. The molecule has 0 saturated carbocycles. The van der Waals surface area contributed by atoms with Gasteiger partial charge in [0.15, 0.2) is 0 Å². The van der Waals surface area contributed by atoms with E-state index < -0.39 is 17.5 Å². The SMILES string of the molecule is CC(=O)Nc1cc(NCC(=O)NCCc2ccc(Cl)cc2)c(F)cc1F. The van der Waals surface area contributed by atoms with Crippen molar-refractivity contribution < 1.29 is 18.4 Å². The number of nitrogens with one attached hydrogen (secondary N) is 3. The first-order valence-electron chi connectivity index (χ1n) is 7.87. The maximum absolute atomic E-state index is 13.8. The molecule has 0 fully saturated rings. The molecular formula is C18H18ClF2N3O2. The van der Waals surface area contributed by atoms with Gasteiger partial charge in [-0.25, -0.2) is 8.78 Å². The molecule has 2 amide bonds. The van der Waals surface area contributed by atoms with E-state index in [1.165, 1.54) is 6.92 Å². The summed E-state index contributed by atoms with van der Waals surface area (Å²) in [4.78, 5) is 22.9. The van der Waals surface area contributed by atoms with Crippen LogP contribution in [0.15, 0.2) is 36.4 Å². The van der Waals surface area contributed by atoms with Crippen LogP contribution in [0.3, 0.4) is 0 Å². The fourth-order valence-electron chi connectivity index (χ4n) is 2.21. The van der Waals surface area contributed by atoms with Gasteiger partial charge in [0.1, 0.15) is 11.6 Å². The lowest BCUT2D eigenvalue weighted by Crippen LogP contribution is -2.31. The van der Waals surface area contributed by atoms with Crippen LogP contribution in [0.25, 0.3) is 0 Å². The van der Waals surface area contributed by atoms with Crippen molar-refractivity contribution in [3.63, 3.8) is 0 Å². The number of benzene rings is 2. The van der Waals surface area contributed by atoms with Crippen LogP contribution in [0.2, 0.25) is 5.02 Å². The smallest absolute Gasteiger partial charge is 0.239 e. The third-order valence-corrected chi connectivity index (χ3v) is 3.71. The van der Waals surface area contributed by atoms with Crippen LogP contribution >= 0.6 is 11.6 Å². The molecule has 2 aromatic rings. The molecule has 0 unspecified atom stereocenters. The van der Waals surface area contributed by atoms with Crippen LogP contribution in [0, 0.1) is 11.6 Å². The first kappa shape index (κ1) is 19.7. The van der Waals surface area contributed by atoms with Crippen LogP contribution in [-0.4, -0.2) is 24.9 Å². The van der Waals surface area contributed by atoms with Crippen LogP contribution < -0.4 is 16.0 Å². The predicted molar refractivity (Wildman–Crippen MR) is 97.3 cm³/mol. The average Bonchev–Trinajstić information content (AvgIpc) is 2.57. The van der Waals surface area contributed by atoms with Gasteiger partial charge in [-0.15, -0.1) is 0 Å². The maximum Gasteiger partial charge on any atom is 0.239 e. The quantitative estimate of drug-likeness (QED) is 0.689. The Morgan fingerprint density at radius 1 is 1.04 bits per heavy atom. The number of amides is 2. The summed E-state index contributed by atoms with van der Waals surface area (Å²) >= 11 is 5.80. The second-order valence-corrected chi connectivity index (χ2v) is 6.01. The highest BCUT2D eigenvalue weighted by atomic mass is 35.5. The Morgan fingerprint density at radius 2 is 1.69 bits per heavy atom. The summed E-state index contributed by atoms with van der Waals surface area (Å²) in [7, 11) is 0. The molecule has 0 aliphatic heterocycles. The molecule has 0 aliphatic rings. The van der Waals surface area contributed by atoms with Gasteiger partial charge in [0.25, 0.3) is 0 Å². The minimum atomic E-state index is -0.893. The van der Waals surface area contributed by atoms with Crippen molar-refractivity contribution in [2.45, 2.75) is 13.3 Å². The second kappa shape index (κ2) is 9.15. The van der Waals surface area contributed by atoms with Gasteiger partial charge in [0.2, 0.25) is 11.8 Å². The highest BCUT2D eigenvalue weighted by molar-refractivity contribution is 6.30. The van der Waals surface area contributed by atoms with Crippen molar-refractivity contribution in [1.82, 2.24) is 5.32 Å². The number of carbonyl (C=O) groups is 2. The molecule has 2 rings (SSSR count). The summed E-state index contributed by atoms with van der Waals surface area (Å²) in [6.45, 7) is 1.43. The first-order chi connectivity index (χ1) is 12.3. The summed E-state index contributed by atoms with van der Waals surface area (Å²) in [6.07, 6.45) is 0.625. The summed E-state index contributed by atoms with van der Waals surface area (Å²) in [5, 5.41) is 8.18. The van der Waals surface area contributed by atoms with Gasteiger partial charge >= 0.3 is 0 Å². The lowest BCUT2D eigenvalue weighted by molar-refractivity contribution is -0.119. The van der Waals surface area contributed by atoms with Gasteiger partial charge in [-0.1, -0.05) is 23.7 Å². The Kier molecular flexibility index (Phi) is 6.91. The van der Waals surface area contributed by atoms with Crippen molar-refractivity contribution in [3.8, 4) is 0 Å². The van der Waals surface area contributed by atoms with E-state index in [0.29, 0.717) is 24.1 Å². The molecule has 3 N–H and O–H groups in total. The van der Waals surface area contributed by atoms with Gasteiger partial charge in [0, 0.05) is 24.6 Å². The number of rotatable bonds is 7. The Balaban J connectivity index is 1.84. The molecule has 0 radical (unpaired) electrons. The number of hydrogen-bond acceptors (Lipinski definition) is 3. The topological polar surface area (TPSA) is 70.2 Å². The second-order valence-electron chi connectivity index (χ2n) is 5.57. The molecule has 0 bridgehead atoms. The zero-order chi connectivity index (χ0) is 19.1. The molecule has 0 heterocycles. The van der Waals surface area contributed by atoms with Crippen molar-refractivity contribution in [1.29, 1.82) is 0 Å². The molecule has 26 heavy (non-hydrogen) atoms. The molecular weight excluding hydrogens is 364 g/mol. The molecule has 5 nitrogen and oxygen atoms in total. The van der Waals surface area contributed by atoms with Crippen molar-refractivity contribution in [2.24, 2.45) is 0 Å². The minimum absolute atomic E-state index is 0.0806. The van der Waals surface area contributed by atoms with E-state index in [1.807, 2.05) is 12.1 Å². The van der Waals surface area contributed by atoms with Crippen molar-refractivity contribution in [3.05, 3.63) is 58.6 Å². The lowest BCUT2D eigenvalue weighted by atomic mass is 10.1. The van der Waals surface area contributed by atoms with Gasteiger partial charge in [-0.2, -0.15) is 0 Å². The largest absolute Gasteiger partial charge is 0.374 e. The summed E-state index contributed by atoms with van der Waals surface area (Å²) in [5.74, 6) is -2.58. The van der Waals surface area contributed by atoms with Gasteiger partial charge in [0.05, 0.1) is 17.9 Å². The fraction of sp³-hybridized carbons (Fsp3) is 0.222. The minimum Gasteiger partial charge on any atom is -0.374 e. The molecule has 0 aliphatic carbocycles. The third-order valence-electron chi connectivity index (χ3n) is 3.46. The van der Waals surface area contributed by atoms with E-state index in [4.69, 9.17) is 11.6 Å². The fourth-order valence-corrected chi connectivity index (χ4v) is 2.33.